The van der Waals surface area contributed by atoms with Crippen LogP contribution in [0.4, 0.5) is 0 Å². The van der Waals surface area contributed by atoms with Crippen LogP contribution in [0.3, 0.4) is 0 Å². The van der Waals surface area contributed by atoms with Gasteiger partial charge in [0.2, 0.25) is 0 Å². The number of likely N-dealkylation sites (N-methyl/N-ethyl adjacent to an activating group) is 1. The zero-order chi connectivity index (χ0) is 16.8. The van der Waals surface area contributed by atoms with E-state index in [1.807, 2.05) is 25.1 Å². The second-order valence-electron chi connectivity index (χ2n) is 6.06. The van der Waals surface area contributed by atoms with Crippen LogP contribution in [0.15, 0.2) is 18.2 Å². The van der Waals surface area contributed by atoms with Gasteiger partial charge in [0.15, 0.2) is 18.1 Å². The third kappa shape index (κ3) is 4.84. The molecule has 1 aliphatic rings. The molecule has 2 atom stereocenters. The van der Waals surface area contributed by atoms with Crippen LogP contribution in [-0.2, 0) is 11.3 Å². The van der Waals surface area contributed by atoms with E-state index in [1.54, 1.807) is 7.11 Å². The molecule has 0 radical (unpaired) electrons. The number of likely N-dealkylation sites (tertiary alicyclic amines) is 1. The summed E-state index contributed by atoms with van der Waals surface area (Å²) in [5, 5.41) is 2.70. The molecule has 6 nitrogen and oxygen atoms in total. The standard InChI is InChI=1S/C17H27N3O3/c1-4-19-17(21)11-23-15-6-5-13(7-16(15)22-3)9-20-8-12(2)14(18)10-20/h5-7,12,14H,4,8-11,18H2,1-3H3,(H,19,21). The highest BCUT2D eigenvalue weighted by Gasteiger charge is 2.26. The number of carbonyl (C=O) groups is 1. The minimum Gasteiger partial charge on any atom is -0.493 e. The highest BCUT2D eigenvalue weighted by atomic mass is 16.5. The van der Waals surface area contributed by atoms with Gasteiger partial charge in [-0.25, -0.2) is 0 Å². The Morgan fingerprint density at radius 2 is 2.17 bits per heavy atom. The number of benzene rings is 1. The molecule has 1 aliphatic heterocycles. The predicted molar refractivity (Wildman–Crippen MR) is 89.6 cm³/mol. The monoisotopic (exact) mass is 321 g/mol. The van der Waals surface area contributed by atoms with E-state index in [9.17, 15) is 4.79 Å². The van der Waals surface area contributed by atoms with Gasteiger partial charge in [0.1, 0.15) is 0 Å². The maximum Gasteiger partial charge on any atom is 0.257 e. The Balaban J connectivity index is 1.97. The number of nitrogens with one attached hydrogen (secondary N) is 1. The Morgan fingerprint density at radius 1 is 1.39 bits per heavy atom. The van der Waals surface area contributed by atoms with Gasteiger partial charge in [-0.15, -0.1) is 0 Å². The lowest BCUT2D eigenvalue weighted by Crippen LogP contribution is -2.28. The largest absolute Gasteiger partial charge is 0.493 e. The average Bonchev–Trinajstić information content (AvgIpc) is 2.84. The highest BCUT2D eigenvalue weighted by Crippen LogP contribution is 2.29. The first-order valence-electron chi connectivity index (χ1n) is 8.07. The second-order valence-corrected chi connectivity index (χ2v) is 6.06. The Kier molecular flexibility index (Phi) is 6.24. The number of hydrogen-bond acceptors (Lipinski definition) is 5. The van der Waals surface area contributed by atoms with Gasteiger partial charge in [-0.05, 0) is 30.5 Å². The fourth-order valence-corrected chi connectivity index (χ4v) is 2.80. The van der Waals surface area contributed by atoms with Crippen LogP contribution in [-0.4, -0.2) is 50.2 Å². The van der Waals surface area contributed by atoms with E-state index in [0.29, 0.717) is 24.0 Å². The van der Waals surface area contributed by atoms with E-state index in [4.69, 9.17) is 15.2 Å². The normalized spacial score (nSPS) is 21.2. The average molecular weight is 321 g/mol. The van der Waals surface area contributed by atoms with Gasteiger partial charge in [-0.1, -0.05) is 13.0 Å². The number of rotatable bonds is 7. The topological polar surface area (TPSA) is 76.8 Å². The Labute approximate surface area is 137 Å². The Morgan fingerprint density at radius 3 is 2.78 bits per heavy atom. The number of nitrogens with zero attached hydrogens (tertiary/aromatic N) is 1. The van der Waals surface area contributed by atoms with Gasteiger partial charge in [-0.2, -0.15) is 0 Å². The molecule has 0 spiro atoms. The predicted octanol–water partition coefficient (Wildman–Crippen LogP) is 0.989. The van der Waals surface area contributed by atoms with Crippen LogP contribution in [0.5, 0.6) is 11.5 Å². The molecule has 3 N–H and O–H groups in total. The quantitative estimate of drug-likeness (QED) is 0.783. The van der Waals surface area contributed by atoms with Gasteiger partial charge in [0, 0.05) is 32.2 Å². The number of ether oxygens (including phenoxy) is 2. The summed E-state index contributed by atoms with van der Waals surface area (Å²) in [4.78, 5) is 13.8. The number of nitrogens with two attached hydrogens (primary N) is 1. The molecule has 1 fully saturated rings. The van der Waals surface area contributed by atoms with Crippen molar-refractivity contribution in [3.05, 3.63) is 23.8 Å². The van der Waals surface area contributed by atoms with Crippen molar-refractivity contribution in [3.8, 4) is 11.5 Å². The van der Waals surface area contributed by atoms with E-state index in [-0.39, 0.29) is 18.6 Å². The fraction of sp³-hybridized carbons (Fsp3) is 0.588. The molecule has 128 valence electrons. The van der Waals surface area contributed by atoms with Gasteiger partial charge >= 0.3 is 0 Å². The van der Waals surface area contributed by atoms with Crippen molar-refractivity contribution in [3.63, 3.8) is 0 Å². The van der Waals surface area contributed by atoms with Crippen LogP contribution in [0, 0.1) is 5.92 Å². The highest BCUT2D eigenvalue weighted by molar-refractivity contribution is 5.77. The first-order chi connectivity index (χ1) is 11.0. The number of amides is 1. The summed E-state index contributed by atoms with van der Waals surface area (Å²) in [5.74, 6) is 1.60. The lowest BCUT2D eigenvalue weighted by atomic mass is 10.1. The maximum absolute atomic E-state index is 11.5. The van der Waals surface area contributed by atoms with Crippen LogP contribution < -0.4 is 20.5 Å². The lowest BCUT2D eigenvalue weighted by Gasteiger charge is -2.17. The van der Waals surface area contributed by atoms with Gasteiger partial charge in [0.25, 0.3) is 5.91 Å². The van der Waals surface area contributed by atoms with Crippen LogP contribution in [0.1, 0.15) is 19.4 Å². The molecule has 0 saturated carbocycles. The molecule has 2 unspecified atom stereocenters. The van der Waals surface area contributed by atoms with Gasteiger partial charge < -0.3 is 20.5 Å². The van der Waals surface area contributed by atoms with Crippen molar-refractivity contribution in [1.29, 1.82) is 0 Å². The molecule has 1 heterocycles. The molecule has 1 aromatic carbocycles. The second kappa shape index (κ2) is 8.17. The summed E-state index contributed by atoms with van der Waals surface area (Å²) in [7, 11) is 1.60. The van der Waals surface area contributed by atoms with Crippen molar-refractivity contribution in [2.24, 2.45) is 11.7 Å². The summed E-state index contributed by atoms with van der Waals surface area (Å²) >= 11 is 0. The van der Waals surface area contributed by atoms with Gasteiger partial charge in [-0.3, -0.25) is 9.69 Å². The fourth-order valence-electron chi connectivity index (χ4n) is 2.80. The number of methoxy groups -OCH3 is 1. The third-order valence-electron chi connectivity index (χ3n) is 4.11. The SMILES string of the molecule is CCNC(=O)COc1ccc(CN2CC(C)C(N)C2)cc1OC. The van der Waals surface area contributed by atoms with Crippen molar-refractivity contribution in [2.75, 3.05) is 33.4 Å². The van der Waals surface area contributed by atoms with E-state index < -0.39 is 0 Å². The molecule has 23 heavy (non-hydrogen) atoms. The van der Waals surface area contributed by atoms with E-state index in [2.05, 4.69) is 17.1 Å². The molecular formula is C17H27N3O3. The summed E-state index contributed by atoms with van der Waals surface area (Å²) < 4.78 is 10.9. The molecule has 1 saturated heterocycles. The lowest BCUT2D eigenvalue weighted by molar-refractivity contribution is -0.123. The Hall–Kier alpha value is -1.79. The summed E-state index contributed by atoms with van der Waals surface area (Å²) in [6.07, 6.45) is 0. The molecule has 2 rings (SSSR count). The van der Waals surface area contributed by atoms with E-state index in [1.165, 1.54) is 0 Å². The van der Waals surface area contributed by atoms with Gasteiger partial charge in [0.05, 0.1) is 7.11 Å². The molecule has 1 aromatic rings. The molecule has 0 bridgehead atoms. The third-order valence-corrected chi connectivity index (χ3v) is 4.11. The van der Waals surface area contributed by atoms with Crippen molar-refractivity contribution < 1.29 is 14.3 Å². The minimum absolute atomic E-state index is 0.0119. The molecular weight excluding hydrogens is 294 g/mol. The van der Waals surface area contributed by atoms with Crippen LogP contribution in [0.2, 0.25) is 0 Å². The summed E-state index contributed by atoms with van der Waals surface area (Å²) in [5.41, 5.74) is 7.22. The molecule has 6 heteroatoms. The molecule has 1 amide bonds. The van der Waals surface area contributed by atoms with Crippen LogP contribution >= 0.6 is 0 Å². The molecule has 0 aliphatic carbocycles. The number of carbonyl (C=O) groups excluding carboxylic acids is 1. The van der Waals surface area contributed by atoms with Crippen molar-refractivity contribution in [2.45, 2.75) is 26.4 Å². The minimum atomic E-state index is -0.140. The Bertz CT molecular complexity index is 526. The van der Waals surface area contributed by atoms with Crippen molar-refractivity contribution >= 4 is 5.91 Å². The van der Waals surface area contributed by atoms with E-state index >= 15 is 0 Å². The smallest absolute Gasteiger partial charge is 0.257 e. The van der Waals surface area contributed by atoms with E-state index in [0.717, 1.165) is 25.2 Å². The first kappa shape index (κ1) is 17.6. The number of hydrogen-bond donors (Lipinski definition) is 2. The maximum atomic E-state index is 11.5. The summed E-state index contributed by atoms with van der Waals surface area (Å²) in [6, 6.07) is 6.06. The molecule has 0 aromatic heterocycles. The zero-order valence-electron chi connectivity index (χ0n) is 14.2. The summed E-state index contributed by atoms with van der Waals surface area (Å²) in [6.45, 7) is 7.40. The van der Waals surface area contributed by atoms with Crippen molar-refractivity contribution in [1.82, 2.24) is 10.2 Å². The first-order valence-corrected chi connectivity index (χ1v) is 8.07. The zero-order valence-corrected chi connectivity index (χ0v) is 14.2. The van der Waals surface area contributed by atoms with Crippen LogP contribution in [0.25, 0.3) is 0 Å².